The zero-order valence-corrected chi connectivity index (χ0v) is 10.5. The van der Waals surface area contributed by atoms with Crippen LogP contribution < -0.4 is 0 Å². The highest BCUT2D eigenvalue weighted by Crippen LogP contribution is 2.41. The number of hydrogen-bond donors (Lipinski definition) is 0. The Kier molecular flexibility index (Phi) is 2.99. The van der Waals surface area contributed by atoms with Crippen LogP contribution >= 0.6 is 0 Å². The highest BCUT2D eigenvalue weighted by molar-refractivity contribution is 5.87. The van der Waals surface area contributed by atoms with E-state index in [0.29, 0.717) is 12.1 Å². The summed E-state index contributed by atoms with van der Waals surface area (Å²) in [6.45, 7) is 1.45. The molecule has 2 heterocycles. The second-order valence-electron chi connectivity index (χ2n) is 5.07. The number of para-hydroxylation sites is 1. The summed E-state index contributed by atoms with van der Waals surface area (Å²) in [6, 6.07) is 4.34. The highest BCUT2D eigenvalue weighted by Gasteiger charge is 2.36. The van der Waals surface area contributed by atoms with Crippen molar-refractivity contribution in [1.29, 1.82) is 0 Å². The first kappa shape index (κ1) is 12.5. The number of nitrogens with zero attached hydrogens (tertiary/aromatic N) is 2. The maximum absolute atomic E-state index is 13.0. The molecule has 1 saturated heterocycles. The van der Waals surface area contributed by atoms with Gasteiger partial charge in [-0.15, -0.1) is 0 Å². The van der Waals surface area contributed by atoms with Crippen LogP contribution in [-0.2, 0) is 12.7 Å². The topological polar surface area (TPSA) is 15.6 Å². The van der Waals surface area contributed by atoms with E-state index in [-0.39, 0.29) is 5.69 Å². The smallest absolute Gasteiger partial charge is 0.356 e. The molecule has 0 bridgehead atoms. The first-order valence-corrected chi connectivity index (χ1v) is 6.57. The molecule has 1 aromatic rings. The number of fused-ring (bicyclic) bond motifs is 2. The Labute approximate surface area is 109 Å². The fourth-order valence-corrected chi connectivity index (χ4v) is 2.76. The minimum absolute atomic E-state index is 0.128. The molecule has 2 aliphatic rings. The molecule has 0 aromatic heterocycles. The maximum Gasteiger partial charge on any atom is 0.418 e. The van der Waals surface area contributed by atoms with E-state index in [1.54, 1.807) is 6.07 Å². The van der Waals surface area contributed by atoms with E-state index in [9.17, 15) is 13.2 Å². The van der Waals surface area contributed by atoms with Crippen molar-refractivity contribution in [3.05, 3.63) is 29.3 Å². The van der Waals surface area contributed by atoms with Crippen LogP contribution in [-0.4, -0.2) is 17.3 Å². The highest BCUT2D eigenvalue weighted by atomic mass is 19.4. The van der Waals surface area contributed by atoms with Crippen LogP contribution in [0.25, 0.3) is 0 Å². The molecule has 1 aromatic carbocycles. The molecule has 2 nitrogen and oxygen atoms in total. The van der Waals surface area contributed by atoms with Gasteiger partial charge in [0.2, 0.25) is 0 Å². The second kappa shape index (κ2) is 4.54. The lowest BCUT2D eigenvalue weighted by atomic mass is 10.0. The predicted octanol–water partition coefficient (Wildman–Crippen LogP) is 4.13. The quantitative estimate of drug-likeness (QED) is 0.691. The Balaban J connectivity index is 2.07. The number of halogens is 3. The number of aliphatic imine (C=N–C) groups is 1. The molecule has 0 N–H and O–H groups in total. The van der Waals surface area contributed by atoms with Crippen LogP contribution in [0.2, 0.25) is 0 Å². The Morgan fingerprint density at radius 3 is 2.74 bits per heavy atom. The summed E-state index contributed by atoms with van der Waals surface area (Å²) in [5.41, 5.74) is 0.199. The van der Waals surface area contributed by atoms with Crippen LogP contribution in [0.15, 0.2) is 23.2 Å². The third-order valence-corrected chi connectivity index (χ3v) is 3.72. The maximum atomic E-state index is 13.0. The van der Waals surface area contributed by atoms with Crippen molar-refractivity contribution in [3.8, 4) is 0 Å². The number of hydrogen-bond acceptors (Lipinski definition) is 2. The lowest BCUT2D eigenvalue weighted by Gasteiger charge is -2.30. The average molecular weight is 268 g/mol. The first-order valence-electron chi connectivity index (χ1n) is 6.57. The van der Waals surface area contributed by atoms with E-state index >= 15 is 0 Å². The zero-order valence-electron chi connectivity index (χ0n) is 10.5. The van der Waals surface area contributed by atoms with Gasteiger partial charge in [-0.3, -0.25) is 0 Å². The van der Waals surface area contributed by atoms with Crippen LogP contribution in [0.5, 0.6) is 0 Å². The molecule has 5 heteroatoms. The molecule has 0 spiro atoms. The Hall–Kier alpha value is -1.52. The van der Waals surface area contributed by atoms with E-state index in [2.05, 4.69) is 9.89 Å². The van der Waals surface area contributed by atoms with Gasteiger partial charge in [-0.2, -0.15) is 13.2 Å². The van der Waals surface area contributed by atoms with Crippen LogP contribution in [0.1, 0.15) is 36.8 Å². The standard InChI is InChI=1S/C14H15F3N2/c15-14(16,17)11-6-4-5-10-9-19-8-3-1-2-7-12(19)18-13(10)11/h4-6H,1-3,7-9H2. The summed E-state index contributed by atoms with van der Waals surface area (Å²) in [4.78, 5) is 6.44. The van der Waals surface area contributed by atoms with Gasteiger partial charge in [-0.25, -0.2) is 4.99 Å². The third kappa shape index (κ3) is 2.33. The number of alkyl halides is 3. The molecule has 0 amide bonds. The molecule has 1 fully saturated rings. The van der Waals surface area contributed by atoms with Crippen molar-refractivity contribution < 1.29 is 13.2 Å². The van der Waals surface area contributed by atoms with Gasteiger partial charge in [0.05, 0.1) is 11.3 Å². The summed E-state index contributed by atoms with van der Waals surface area (Å²) in [6.07, 6.45) is -0.321. The second-order valence-corrected chi connectivity index (χ2v) is 5.07. The largest absolute Gasteiger partial charge is 0.418 e. The monoisotopic (exact) mass is 268 g/mol. The summed E-state index contributed by atoms with van der Waals surface area (Å²) < 4.78 is 39.0. The van der Waals surface area contributed by atoms with Crippen LogP contribution in [0.4, 0.5) is 18.9 Å². The van der Waals surface area contributed by atoms with E-state index in [1.807, 2.05) is 0 Å². The zero-order chi connectivity index (χ0) is 13.5. The van der Waals surface area contributed by atoms with Crippen molar-refractivity contribution in [2.45, 2.75) is 38.4 Å². The SMILES string of the molecule is FC(F)(F)c1cccc2c1N=C1CCCCCN1C2. The van der Waals surface area contributed by atoms with Gasteiger partial charge >= 0.3 is 6.18 Å². The Morgan fingerprint density at radius 1 is 1.11 bits per heavy atom. The van der Waals surface area contributed by atoms with Crippen molar-refractivity contribution in [2.75, 3.05) is 6.54 Å². The molecule has 0 unspecified atom stereocenters. The lowest BCUT2D eigenvalue weighted by molar-refractivity contribution is -0.137. The number of rotatable bonds is 0. The number of benzene rings is 1. The third-order valence-electron chi connectivity index (χ3n) is 3.72. The molecule has 0 atom stereocenters. The van der Waals surface area contributed by atoms with E-state index in [4.69, 9.17) is 0 Å². The van der Waals surface area contributed by atoms with Gasteiger partial charge in [0.15, 0.2) is 0 Å². The fourth-order valence-electron chi connectivity index (χ4n) is 2.76. The van der Waals surface area contributed by atoms with Gasteiger partial charge in [-0.05, 0) is 24.5 Å². The summed E-state index contributed by atoms with van der Waals surface area (Å²) in [5.74, 6) is 0.821. The average Bonchev–Trinajstić information content (AvgIpc) is 2.58. The molecule has 102 valence electrons. The van der Waals surface area contributed by atoms with Crippen molar-refractivity contribution >= 4 is 11.5 Å². The van der Waals surface area contributed by atoms with Gasteiger partial charge in [0, 0.05) is 19.5 Å². The van der Waals surface area contributed by atoms with E-state index in [1.165, 1.54) is 6.07 Å². The van der Waals surface area contributed by atoms with Gasteiger partial charge in [-0.1, -0.05) is 18.6 Å². The normalized spacial score (nSPS) is 19.3. The summed E-state index contributed by atoms with van der Waals surface area (Å²) in [5, 5.41) is 0. The minimum atomic E-state index is -4.33. The first-order chi connectivity index (χ1) is 9.05. The van der Waals surface area contributed by atoms with Crippen molar-refractivity contribution in [1.82, 2.24) is 4.90 Å². The van der Waals surface area contributed by atoms with Crippen LogP contribution in [0, 0.1) is 0 Å². The summed E-state index contributed by atoms with van der Waals surface area (Å²) in [7, 11) is 0. The Morgan fingerprint density at radius 2 is 1.95 bits per heavy atom. The minimum Gasteiger partial charge on any atom is -0.356 e. The molecule has 3 rings (SSSR count). The fraction of sp³-hybridized carbons (Fsp3) is 0.500. The predicted molar refractivity (Wildman–Crippen MR) is 67.4 cm³/mol. The van der Waals surface area contributed by atoms with Gasteiger partial charge in [0.1, 0.15) is 5.84 Å². The summed E-state index contributed by atoms with van der Waals surface area (Å²) >= 11 is 0. The van der Waals surface area contributed by atoms with Crippen LogP contribution in [0.3, 0.4) is 0 Å². The van der Waals surface area contributed by atoms with E-state index in [0.717, 1.165) is 44.1 Å². The van der Waals surface area contributed by atoms with Gasteiger partial charge in [0.25, 0.3) is 0 Å². The van der Waals surface area contributed by atoms with Crippen molar-refractivity contribution in [2.24, 2.45) is 4.99 Å². The van der Waals surface area contributed by atoms with Crippen molar-refractivity contribution in [3.63, 3.8) is 0 Å². The molecule has 19 heavy (non-hydrogen) atoms. The molecule has 2 aliphatic heterocycles. The molecule has 0 saturated carbocycles. The molecular weight excluding hydrogens is 253 g/mol. The van der Waals surface area contributed by atoms with Gasteiger partial charge < -0.3 is 4.90 Å². The Bertz CT molecular complexity index is 520. The molecular formula is C14H15F3N2. The lowest BCUT2D eigenvalue weighted by Crippen LogP contribution is -2.32. The molecule has 0 radical (unpaired) electrons. The number of amidine groups is 1. The van der Waals surface area contributed by atoms with E-state index < -0.39 is 11.7 Å². The molecule has 0 aliphatic carbocycles.